The van der Waals surface area contributed by atoms with E-state index in [1.165, 1.54) is 11.3 Å². The first kappa shape index (κ1) is 23.7. The fraction of sp³-hybridized carbons (Fsp3) is 0.250. The highest BCUT2D eigenvalue weighted by molar-refractivity contribution is 7.21. The zero-order chi connectivity index (χ0) is 25.9. The second-order valence-corrected chi connectivity index (χ2v) is 10.9. The molecule has 4 aromatic rings. The molecule has 2 heterocycles. The topological polar surface area (TPSA) is 163 Å². The summed E-state index contributed by atoms with van der Waals surface area (Å²) in [6.07, 6.45) is 4.37. The molecule has 1 saturated carbocycles. The van der Waals surface area contributed by atoms with Gasteiger partial charge in [-0.15, -0.1) is 11.3 Å². The van der Waals surface area contributed by atoms with E-state index in [2.05, 4.69) is 10.3 Å². The summed E-state index contributed by atoms with van der Waals surface area (Å²) in [5.74, 6) is -0.664. The van der Waals surface area contributed by atoms with Crippen molar-refractivity contribution < 1.29 is 9.59 Å². The summed E-state index contributed by atoms with van der Waals surface area (Å²) >= 11 is 1.25. The Morgan fingerprint density at radius 3 is 2.65 bits per heavy atom. The number of nitrogens with two attached hydrogens (primary N) is 4. The number of rotatable bonds is 4. The molecule has 0 bridgehead atoms. The molecule has 1 fully saturated rings. The maximum Gasteiger partial charge on any atom is 0.262 e. The fourth-order valence-electron chi connectivity index (χ4n) is 5.71. The third-order valence-corrected chi connectivity index (χ3v) is 8.94. The number of ketones is 1. The van der Waals surface area contributed by atoms with Gasteiger partial charge in [0.05, 0.1) is 21.3 Å². The lowest BCUT2D eigenvalue weighted by molar-refractivity contribution is -0.124. The van der Waals surface area contributed by atoms with Crippen molar-refractivity contribution in [2.45, 2.75) is 42.9 Å². The Kier molecular flexibility index (Phi) is 5.61. The first-order chi connectivity index (χ1) is 17.8. The zero-order valence-electron chi connectivity index (χ0n) is 20.1. The number of nitrogens with zero attached hydrogens (tertiary/aromatic N) is 1. The number of nitrogens with one attached hydrogen (secondary N) is 1. The molecular weight excluding hydrogens is 484 g/mol. The third-order valence-electron chi connectivity index (χ3n) is 7.68. The average molecular weight is 513 g/mol. The van der Waals surface area contributed by atoms with Crippen molar-refractivity contribution in [3.8, 4) is 11.3 Å². The van der Waals surface area contributed by atoms with Crippen molar-refractivity contribution >= 4 is 38.8 Å². The Balaban J connectivity index is 1.52. The number of anilines is 1. The molecule has 9 N–H and O–H groups in total. The van der Waals surface area contributed by atoms with Crippen LogP contribution < -0.4 is 28.3 Å². The molecule has 9 heteroatoms. The minimum absolute atomic E-state index is 0.0892. The van der Waals surface area contributed by atoms with Gasteiger partial charge in [0.2, 0.25) is 0 Å². The Morgan fingerprint density at radius 2 is 1.92 bits per heavy atom. The van der Waals surface area contributed by atoms with Crippen LogP contribution >= 0.6 is 11.3 Å². The smallest absolute Gasteiger partial charge is 0.262 e. The van der Waals surface area contributed by atoms with E-state index in [0.717, 1.165) is 30.5 Å². The lowest BCUT2D eigenvalue weighted by Gasteiger charge is -2.36. The van der Waals surface area contributed by atoms with Crippen LogP contribution in [0.2, 0.25) is 0 Å². The molecule has 2 aliphatic rings. The van der Waals surface area contributed by atoms with Gasteiger partial charge < -0.3 is 28.3 Å². The summed E-state index contributed by atoms with van der Waals surface area (Å²) in [6, 6.07) is 15.4. The lowest BCUT2D eigenvalue weighted by Crippen LogP contribution is -2.52. The Labute approximate surface area is 218 Å². The quantitative estimate of drug-likeness (QED) is 0.262. The first-order valence-electron chi connectivity index (χ1n) is 12.3. The largest absolute Gasteiger partial charge is 0.398 e. The van der Waals surface area contributed by atoms with Gasteiger partial charge in [-0.1, -0.05) is 30.3 Å². The molecule has 188 valence electrons. The van der Waals surface area contributed by atoms with Gasteiger partial charge in [0.25, 0.3) is 5.91 Å². The van der Waals surface area contributed by atoms with Crippen LogP contribution in [0.3, 0.4) is 0 Å². The standard InChI is InChI=1S/C28H28N6O2S/c29-17-7-4-9-20(17)34-27(36)25-22-21-16(10-11-18(30)24(21)37-25)28(32,26(35)23(22)31)15-6-3-5-14(13-15)19-8-1-2-12-33-19/h1-3,5-6,8,10-13,17,20,23H,4,7,9,29-32H2,(H,34,36)/t17-,20+,23?,28?/m0/s1. The number of hydrogen-bond donors (Lipinski definition) is 5. The van der Waals surface area contributed by atoms with E-state index in [-0.39, 0.29) is 23.8 Å². The summed E-state index contributed by atoms with van der Waals surface area (Å²) in [5.41, 5.74) is 28.4. The summed E-state index contributed by atoms with van der Waals surface area (Å²) in [4.78, 5) is 32.3. The second-order valence-electron chi connectivity index (χ2n) is 9.87. The number of pyridine rings is 1. The Hall–Kier alpha value is -3.63. The molecule has 37 heavy (non-hydrogen) atoms. The Bertz CT molecular complexity index is 1550. The summed E-state index contributed by atoms with van der Waals surface area (Å²) in [7, 11) is 0. The minimum Gasteiger partial charge on any atom is -0.398 e. The number of benzene rings is 2. The molecule has 0 aliphatic heterocycles. The molecule has 1 amide bonds. The molecule has 6 rings (SSSR count). The number of Topliss-reactive ketones (excluding diaryl/α,β-unsaturated/α-hetero) is 1. The van der Waals surface area contributed by atoms with Crippen LogP contribution in [0.1, 0.15) is 51.7 Å². The monoisotopic (exact) mass is 512 g/mol. The number of hydrogen-bond acceptors (Lipinski definition) is 8. The van der Waals surface area contributed by atoms with Crippen LogP contribution in [0.4, 0.5) is 5.69 Å². The van der Waals surface area contributed by atoms with E-state index >= 15 is 0 Å². The van der Waals surface area contributed by atoms with E-state index in [0.29, 0.717) is 37.3 Å². The van der Waals surface area contributed by atoms with E-state index in [9.17, 15) is 9.59 Å². The molecule has 8 nitrogen and oxygen atoms in total. The number of nitrogen functional groups attached to an aromatic ring is 1. The Morgan fingerprint density at radius 1 is 1.08 bits per heavy atom. The van der Waals surface area contributed by atoms with Crippen molar-refractivity contribution in [3.63, 3.8) is 0 Å². The highest BCUT2D eigenvalue weighted by Crippen LogP contribution is 2.49. The number of thiophene rings is 1. The average Bonchev–Trinajstić information content (AvgIpc) is 3.52. The van der Waals surface area contributed by atoms with Gasteiger partial charge in [0.15, 0.2) is 5.78 Å². The number of amides is 1. The molecule has 2 unspecified atom stereocenters. The highest BCUT2D eigenvalue weighted by atomic mass is 32.1. The number of aromatic nitrogens is 1. The van der Waals surface area contributed by atoms with Crippen molar-refractivity contribution in [2.24, 2.45) is 17.2 Å². The molecule has 0 saturated heterocycles. The summed E-state index contributed by atoms with van der Waals surface area (Å²) in [5, 5.41) is 3.74. The first-order valence-corrected chi connectivity index (χ1v) is 13.1. The van der Waals surface area contributed by atoms with Gasteiger partial charge in [-0.25, -0.2) is 0 Å². The van der Waals surface area contributed by atoms with Crippen molar-refractivity contribution in [2.75, 3.05) is 5.73 Å². The van der Waals surface area contributed by atoms with Crippen LogP contribution in [-0.4, -0.2) is 28.8 Å². The summed E-state index contributed by atoms with van der Waals surface area (Å²) < 4.78 is 0.701. The maximum atomic E-state index is 14.0. The van der Waals surface area contributed by atoms with Gasteiger partial charge >= 0.3 is 0 Å². The minimum atomic E-state index is -1.52. The van der Waals surface area contributed by atoms with Gasteiger partial charge in [-0.3, -0.25) is 14.6 Å². The molecule has 2 aromatic heterocycles. The molecule has 4 atom stereocenters. The van der Waals surface area contributed by atoms with Crippen molar-refractivity contribution in [3.05, 3.63) is 82.4 Å². The van der Waals surface area contributed by atoms with E-state index in [1.807, 2.05) is 42.5 Å². The van der Waals surface area contributed by atoms with Crippen LogP contribution in [0.15, 0.2) is 60.8 Å². The molecular formula is C28H28N6O2S. The zero-order valence-corrected chi connectivity index (χ0v) is 20.9. The molecule has 2 aromatic carbocycles. The van der Waals surface area contributed by atoms with Gasteiger partial charge in [0, 0.05) is 40.5 Å². The second kappa shape index (κ2) is 8.74. The molecule has 2 aliphatic carbocycles. The number of carbonyl (C=O) groups excluding carboxylic acids is 2. The van der Waals surface area contributed by atoms with Crippen molar-refractivity contribution in [1.82, 2.24) is 10.3 Å². The highest BCUT2D eigenvalue weighted by Gasteiger charge is 2.49. The van der Waals surface area contributed by atoms with E-state index < -0.39 is 11.6 Å². The maximum absolute atomic E-state index is 14.0. The lowest BCUT2D eigenvalue weighted by atomic mass is 9.70. The predicted octanol–water partition coefficient (Wildman–Crippen LogP) is 2.94. The van der Waals surface area contributed by atoms with E-state index in [4.69, 9.17) is 22.9 Å². The van der Waals surface area contributed by atoms with E-state index in [1.54, 1.807) is 18.3 Å². The van der Waals surface area contributed by atoms with Crippen molar-refractivity contribution in [1.29, 1.82) is 0 Å². The normalized spacial score (nSPS) is 24.9. The van der Waals surface area contributed by atoms with Crippen LogP contribution in [0.5, 0.6) is 0 Å². The van der Waals surface area contributed by atoms with Crippen LogP contribution in [-0.2, 0) is 10.3 Å². The molecule has 0 radical (unpaired) electrons. The van der Waals surface area contributed by atoms with Crippen LogP contribution in [0, 0.1) is 0 Å². The van der Waals surface area contributed by atoms with Gasteiger partial charge in [0.1, 0.15) is 5.54 Å². The fourth-order valence-corrected chi connectivity index (χ4v) is 6.91. The SMILES string of the molecule is Nc1ccc2c3c(c(C(=O)N[C@@H]4CCC[C@@H]4N)sc13)C(N)C(=O)C2(N)c1cccc(-c2ccccn2)c1. The third kappa shape index (κ3) is 3.58. The number of carbonyl (C=O) groups is 2. The van der Waals surface area contributed by atoms with Crippen LogP contribution in [0.25, 0.3) is 21.3 Å². The molecule has 0 spiro atoms. The van der Waals surface area contributed by atoms with Gasteiger partial charge in [-0.2, -0.15) is 0 Å². The predicted molar refractivity (Wildman–Crippen MR) is 146 cm³/mol. The summed E-state index contributed by atoms with van der Waals surface area (Å²) in [6.45, 7) is 0. The van der Waals surface area contributed by atoms with Gasteiger partial charge in [-0.05, 0) is 54.7 Å².